The Morgan fingerprint density at radius 1 is 1.39 bits per heavy atom. The second-order valence-electron chi connectivity index (χ2n) is 4.15. The standard InChI is InChI=1S/C14H18N2O2/c1-3-17-14-7-6-12(10-15-14)16-11(2)9-13-5-4-8-18-13/h4-8,10-11,16H,3,9H2,1-2H3. The minimum atomic E-state index is 0.288. The molecule has 0 aromatic carbocycles. The van der Waals surface area contributed by atoms with Crippen LogP contribution >= 0.6 is 0 Å². The maximum Gasteiger partial charge on any atom is 0.213 e. The molecule has 0 fully saturated rings. The second kappa shape index (κ2) is 6.10. The molecule has 2 aromatic rings. The summed E-state index contributed by atoms with van der Waals surface area (Å²) in [5.74, 6) is 1.63. The SMILES string of the molecule is CCOc1ccc(NC(C)Cc2ccco2)cn1. The molecule has 2 aromatic heterocycles. The van der Waals surface area contributed by atoms with Crippen LogP contribution in [0.15, 0.2) is 41.1 Å². The predicted octanol–water partition coefficient (Wildman–Crippen LogP) is 3.12. The zero-order valence-corrected chi connectivity index (χ0v) is 10.7. The first-order chi connectivity index (χ1) is 8.78. The smallest absolute Gasteiger partial charge is 0.213 e. The van der Waals surface area contributed by atoms with Gasteiger partial charge >= 0.3 is 0 Å². The molecule has 0 spiro atoms. The van der Waals surface area contributed by atoms with E-state index in [-0.39, 0.29) is 6.04 Å². The fraction of sp³-hybridized carbons (Fsp3) is 0.357. The van der Waals surface area contributed by atoms with Crippen molar-refractivity contribution in [1.82, 2.24) is 4.98 Å². The first kappa shape index (κ1) is 12.5. The van der Waals surface area contributed by atoms with E-state index in [0.717, 1.165) is 17.9 Å². The zero-order valence-electron chi connectivity index (χ0n) is 10.7. The minimum Gasteiger partial charge on any atom is -0.478 e. The highest BCUT2D eigenvalue weighted by Gasteiger charge is 2.06. The number of nitrogens with zero attached hydrogens (tertiary/aromatic N) is 1. The Balaban J connectivity index is 1.88. The van der Waals surface area contributed by atoms with Crippen LogP contribution in [-0.4, -0.2) is 17.6 Å². The molecule has 1 atom stereocenters. The van der Waals surface area contributed by atoms with Gasteiger partial charge in [0.25, 0.3) is 0 Å². The van der Waals surface area contributed by atoms with Crippen LogP contribution in [0.2, 0.25) is 0 Å². The summed E-state index contributed by atoms with van der Waals surface area (Å²) in [4.78, 5) is 4.21. The van der Waals surface area contributed by atoms with Gasteiger partial charge in [0.05, 0.1) is 24.8 Å². The lowest BCUT2D eigenvalue weighted by molar-refractivity contribution is 0.327. The summed E-state index contributed by atoms with van der Waals surface area (Å²) in [7, 11) is 0. The first-order valence-electron chi connectivity index (χ1n) is 6.15. The summed E-state index contributed by atoms with van der Waals surface area (Å²) in [5, 5.41) is 3.37. The van der Waals surface area contributed by atoms with Gasteiger partial charge in [0.15, 0.2) is 0 Å². The van der Waals surface area contributed by atoms with Crippen LogP contribution < -0.4 is 10.1 Å². The third-order valence-corrected chi connectivity index (χ3v) is 2.53. The van der Waals surface area contributed by atoms with E-state index in [1.807, 2.05) is 31.2 Å². The molecule has 4 heteroatoms. The van der Waals surface area contributed by atoms with Gasteiger partial charge < -0.3 is 14.5 Å². The lowest BCUT2D eigenvalue weighted by atomic mass is 10.2. The monoisotopic (exact) mass is 246 g/mol. The number of nitrogens with one attached hydrogen (secondary N) is 1. The average Bonchev–Trinajstić information content (AvgIpc) is 2.84. The van der Waals surface area contributed by atoms with Gasteiger partial charge in [-0.05, 0) is 32.0 Å². The van der Waals surface area contributed by atoms with Crippen molar-refractivity contribution in [1.29, 1.82) is 0 Å². The van der Waals surface area contributed by atoms with Crippen molar-refractivity contribution < 1.29 is 9.15 Å². The van der Waals surface area contributed by atoms with E-state index in [4.69, 9.17) is 9.15 Å². The van der Waals surface area contributed by atoms with E-state index in [1.54, 1.807) is 12.5 Å². The molecule has 0 aliphatic carbocycles. The van der Waals surface area contributed by atoms with Gasteiger partial charge in [0, 0.05) is 18.5 Å². The van der Waals surface area contributed by atoms with Gasteiger partial charge in [-0.25, -0.2) is 4.98 Å². The van der Waals surface area contributed by atoms with Crippen LogP contribution in [0.5, 0.6) is 5.88 Å². The van der Waals surface area contributed by atoms with Gasteiger partial charge in [-0.15, -0.1) is 0 Å². The largest absolute Gasteiger partial charge is 0.478 e. The summed E-state index contributed by atoms with van der Waals surface area (Å²) >= 11 is 0. The molecule has 0 radical (unpaired) electrons. The number of hydrogen-bond acceptors (Lipinski definition) is 4. The van der Waals surface area contributed by atoms with Crippen molar-refractivity contribution >= 4 is 5.69 Å². The maximum atomic E-state index is 5.32. The van der Waals surface area contributed by atoms with Crippen LogP contribution in [0, 0.1) is 0 Å². The Kier molecular flexibility index (Phi) is 4.23. The topological polar surface area (TPSA) is 47.3 Å². The highest BCUT2D eigenvalue weighted by molar-refractivity contribution is 5.43. The molecule has 4 nitrogen and oxygen atoms in total. The molecule has 2 rings (SSSR count). The molecule has 0 amide bonds. The van der Waals surface area contributed by atoms with Crippen LogP contribution in [0.1, 0.15) is 19.6 Å². The summed E-state index contributed by atoms with van der Waals surface area (Å²) < 4.78 is 10.6. The maximum absolute atomic E-state index is 5.32. The molecule has 18 heavy (non-hydrogen) atoms. The van der Waals surface area contributed by atoms with Crippen LogP contribution in [-0.2, 0) is 6.42 Å². The van der Waals surface area contributed by atoms with Crippen molar-refractivity contribution in [2.24, 2.45) is 0 Å². The predicted molar refractivity (Wildman–Crippen MR) is 70.9 cm³/mol. The van der Waals surface area contributed by atoms with Crippen LogP contribution in [0.4, 0.5) is 5.69 Å². The number of anilines is 1. The Morgan fingerprint density at radius 2 is 2.28 bits per heavy atom. The van der Waals surface area contributed by atoms with E-state index < -0.39 is 0 Å². The summed E-state index contributed by atoms with van der Waals surface area (Å²) in [6, 6.07) is 8.01. The second-order valence-corrected chi connectivity index (χ2v) is 4.15. The molecule has 0 aliphatic heterocycles. The van der Waals surface area contributed by atoms with Gasteiger partial charge in [0.2, 0.25) is 5.88 Å². The summed E-state index contributed by atoms with van der Waals surface area (Å²) in [6.07, 6.45) is 4.32. The highest BCUT2D eigenvalue weighted by atomic mass is 16.5. The molecule has 0 saturated carbocycles. The first-order valence-corrected chi connectivity index (χ1v) is 6.15. The van der Waals surface area contributed by atoms with Gasteiger partial charge in [0.1, 0.15) is 5.76 Å². The molecule has 1 unspecified atom stereocenters. The molecule has 1 N–H and O–H groups in total. The Hall–Kier alpha value is -1.97. The fourth-order valence-corrected chi connectivity index (χ4v) is 1.76. The Labute approximate surface area is 107 Å². The van der Waals surface area contributed by atoms with E-state index >= 15 is 0 Å². The lowest BCUT2D eigenvalue weighted by Gasteiger charge is -2.13. The average molecular weight is 246 g/mol. The Bertz CT molecular complexity index is 451. The minimum absolute atomic E-state index is 0.288. The third kappa shape index (κ3) is 3.52. The van der Waals surface area contributed by atoms with E-state index in [1.165, 1.54) is 0 Å². The summed E-state index contributed by atoms with van der Waals surface area (Å²) in [5.41, 5.74) is 0.984. The van der Waals surface area contributed by atoms with Crippen molar-refractivity contribution in [2.75, 3.05) is 11.9 Å². The van der Waals surface area contributed by atoms with E-state index in [2.05, 4.69) is 17.2 Å². The van der Waals surface area contributed by atoms with Crippen molar-refractivity contribution in [2.45, 2.75) is 26.3 Å². The van der Waals surface area contributed by atoms with Gasteiger partial charge in [-0.1, -0.05) is 0 Å². The normalized spacial score (nSPS) is 12.1. The molecule has 0 aliphatic rings. The number of ether oxygens (including phenoxy) is 1. The Morgan fingerprint density at radius 3 is 2.89 bits per heavy atom. The summed E-state index contributed by atoms with van der Waals surface area (Å²) in [6.45, 7) is 4.69. The number of pyridine rings is 1. The van der Waals surface area contributed by atoms with Crippen molar-refractivity contribution in [3.63, 3.8) is 0 Å². The number of aromatic nitrogens is 1. The highest BCUT2D eigenvalue weighted by Crippen LogP contribution is 2.14. The zero-order chi connectivity index (χ0) is 12.8. The van der Waals surface area contributed by atoms with Crippen molar-refractivity contribution in [3.8, 4) is 5.88 Å². The van der Waals surface area contributed by atoms with Crippen LogP contribution in [0.25, 0.3) is 0 Å². The molecule has 96 valence electrons. The van der Waals surface area contributed by atoms with E-state index in [0.29, 0.717) is 12.5 Å². The molecular formula is C14H18N2O2. The molecule has 0 saturated heterocycles. The van der Waals surface area contributed by atoms with Gasteiger partial charge in [-0.3, -0.25) is 0 Å². The van der Waals surface area contributed by atoms with Gasteiger partial charge in [-0.2, -0.15) is 0 Å². The number of furan rings is 1. The number of rotatable bonds is 6. The molecular weight excluding hydrogens is 228 g/mol. The number of hydrogen-bond donors (Lipinski definition) is 1. The van der Waals surface area contributed by atoms with Crippen LogP contribution in [0.3, 0.4) is 0 Å². The molecule has 0 bridgehead atoms. The lowest BCUT2D eigenvalue weighted by Crippen LogP contribution is -2.17. The van der Waals surface area contributed by atoms with Crippen molar-refractivity contribution in [3.05, 3.63) is 42.5 Å². The quantitative estimate of drug-likeness (QED) is 0.850. The molecule has 2 heterocycles. The fourth-order valence-electron chi connectivity index (χ4n) is 1.76. The third-order valence-electron chi connectivity index (χ3n) is 2.53. The van der Waals surface area contributed by atoms with E-state index in [9.17, 15) is 0 Å².